The Bertz CT molecular complexity index is 637. The highest BCUT2D eigenvalue weighted by molar-refractivity contribution is 14.1. The van der Waals surface area contributed by atoms with Gasteiger partial charge in [0, 0.05) is 22.1 Å². The van der Waals surface area contributed by atoms with Crippen molar-refractivity contribution >= 4 is 34.8 Å². The minimum Gasteiger partial charge on any atom is -0.467 e. The number of pyridine rings is 1. The zero-order chi connectivity index (χ0) is 16.6. The summed E-state index contributed by atoms with van der Waals surface area (Å²) < 4.78 is 6.08. The van der Waals surface area contributed by atoms with Crippen LogP contribution in [0.5, 0.6) is 0 Å². The Morgan fingerprint density at radius 1 is 1.43 bits per heavy atom. The molecule has 0 aliphatic heterocycles. The van der Waals surface area contributed by atoms with Crippen molar-refractivity contribution in [2.24, 2.45) is 11.3 Å². The van der Waals surface area contributed by atoms with Crippen LogP contribution in [0.15, 0.2) is 6.20 Å². The first kappa shape index (κ1) is 16.9. The molecule has 2 aliphatic rings. The summed E-state index contributed by atoms with van der Waals surface area (Å²) in [5.41, 5.74) is 2.78. The van der Waals surface area contributed by atoms with Gasteiger partial charge in [0.05, 0.1) is 17.9 Å². The third-order valence-corrected chi connectivity index (χ3v) is 6.31. The lowest BCUT2D eigenvalue weighted by molar-refractivity contribution is -0.129. The van der Waals surface area contributed by atoms with Crippen LogP contribution in [-0.2, 0) is 16.0 Å². The van der Waals surface area contributed by atoms with Crippen LogP contribution < -0.4 is 0 Å². The summed E-state index contributed by atoms with van der Waals surface area (Å²) in [7, 11) is 0. The number of nitrogens with zero attached hydrogens (tertiary/aromatic N) is 1. The van der Waals surface area contributed by atoms with Crippen molar-refractivity contribution in [2.45, 2.75) is 51.9 Å². The van der Waals surface area contributed by atoms with E-state index in [1.807, 2.05) is 6.20 Å². The van der Waals surface area contributed by atoms with Gasteiger partial charge in [-0.2, -0.15) is 0 Å². The minimum atomic E-state index is -0.0182. The summed E-state index contributed by atoms with van der Waals surface area (Å²) in [6.45, 7) is 5.12. The molecule has 1 heterocycles. The van der Waals surface area contributed by atoms with Crippen LogP contribution in [0.1, 0.15) is 67.1 Å². The molecule has 2 aliphatic carbocycles. The Labute approximate surface area is 150 Å². The summed E-state index contributed by atoms with van der Waals surface area (Å²) >= 11 is 2.29. The molecule has 3 rings (SSSR count). The highest BCUT2D eigenvalue weighted by Gasteiger charge is 2.36. The molecule has 0 amide bonds. The van der Waals surface area contributed by atoms with E-state index in [0.29, 0.717) is 25.4 Å². The smallest absolute Gasteiger partial charge is 0.293 e. The van der Waals surface area contributed by atoms with Crippen LogP contribution in [0, 0.1) is 14.9 Å². The highest BCUT2D eigenvalue weighted by Crippen LogP contribution is 2.43. The highest BCUT2D eigenvalue weighted by atomic mass is 127. The SMILES string of the molecule is CC1(C)CC(=O)c2c(ncc(C(COC=O)C3CCC3)c2I)C1. The van der Waals surface area contributed by atoms with Gasteiger partial charge in [-0.25, -0.2) is 0 Å². The molecule has 1 saturated carbocycles. The summed E-state index contributed by atoms with van der Waals surface area (Å²) in [5, 5.41) is 0. The van der Waals surface area contributed by atoms with E-state index < -0.39 is 0 Å². The fourth-order valence-electron chi connectivity index (χ4n) is 3.72. The molecule has 1 aromatic heterocycles. The molecule has 0 spiro atoms. The van der Waals surface area contributed by atoms with Gasteiger partial charge < -0.3 is 4.74 Å². The Kier molecular flexibility index (Phi) is 4.76. The van der Waals surface area contributed by atoms with E-state index in [0.717, 1.165) is 39.7 Å². The fourth-order valence-corrected chi connectivity index (χ4v) is 4.87. The first-order chi connectivity index (χ1) is 10.9. The van der Waals surface area contributed by atoms with E-state index in [2.05, 4.69) is 41.4 Å². The number of carbonyl (C=O) groups excluding carboxylic acids is 2. The summed E-state index contributed by atoms with van der Waals surface area (Å²) in [4.78, 5) is 27.9. The van der Waals surface area contributed by atoms with Gasteiger partial charge in [0.2, 0.25) is 0 Å². The molecule has 4 nitrogen and oxygen atoms in total. The third-order valence-electron chi connectivity index (χ3n) is 5.15. The quantitative estimate of drug-likeness (QED) is 0.529. The molecule has 1 aromatic rings. The Morgan fingerprint density at radius 3 is 2.78 bits per heavy atom. The first-order valence-electron chi connectivity index (χ1n) is 8.18. The Hall–Kier alpha value is -0.980. The number of hydrogen-bond donors (Lipinski definition) is 0. The van der Waals surface area contributed by atoms with Crippen molar-refractivity contribution in [2.75, 3.05) is 6.61 Å². The van der Waals surface area contributed by atoms with Crippen molar-refractivity contribution in [1.82, 2.24) is 4.98 Å². The summed E-state index contributed by atoms with van der Waals surface area (Å²) in [6.07, 6.45) is 6.85. The van der Waals surface area contributed by atoms with Gasteiger partial charge in [0.15, 0.2) is 5.78 Å². The summed E-state index contributed by atoms with van der Waals surface area (Å²) in [6, 6.07) is 0. The predicted molar refractivity (Wildman–Crippen MR) is 95.5 cm³/mol. The van der Waals surface area contributed by atoms with Gasteiger partial charge in [0.25, 0.3) is 6.47 Å². The van der Waals surface area contributed by atoms with Crippen molar-refractivity contribution in [1.29, 1.82) is 0 Å². The second-order valence-electron chi connectivity index (χ2n) is 7.52. The molecule has 23 heavy (non-hydrogen) atoms. The number of ketones is 1. The molecule has 0 radical (unpaired) electrons. The topological polar surface area (TPSA) is 56.3 Å². The van der Waals surface area contributed by atoms with E-state index in [1.165, 1.54) is 6.42 Å². The third kappa shape index (κ3) is 3.30. The van der Waals surface area contributed by atoms with Gasteiger partial charge in [-0.05, 0) is 58.7 Å². The van der Waals surface area contributed by atoms with E-state index in [4.69, 9.17) is 4.74 Å². The number of aromatic nitrogens is 1. The van der Waals surface area contributed by atoms with Gasteiger partial charge in [-0.1, -0.05) is 20.3 Å². The van der Waals surface area contributed by atoms with Crippen LogP contribution in [-0.4, -0.2) is 23.8 Å². The number of rotatable bonds is 5. The first-order valence-corrected chi connectivity index (χ1v) is 9.26. The second kappa shape index (κ2) is 6.49. The lowest BCUT2D eigenvalue weighted by atomic mass is 9.72. The minimum absolute atomic E-state index is 0.0182. The second-order valence-corrected chi connectivity index (χ2v) is 8.60. The molecule has 124 valence electrons. The predicted octanol–water partition coefficient (Wildman–Crippen LogP) is 3.90. The lowest BCUT2D eigenvalue weighted by Crippen LogP contribution is -2.31. The van der Waals surface area contributed by atoms with Crippen molar-refractivity contribution in [3.8, 4) is 0 Å². The van der Waals surface area contributed by atoms with Crippen molar-refractivity contribution in [3.05, 3.63) is 26.6 Å². The maximum Gasteiger partial charge on any atom is 0.293 e. The maximum atomic E-state index is 12.6. The molecule has 0 N–H and O–H groups in total. The van der Waals surface area contributed by atoms with E-state index >= 15 is 0 Å². The van der Waals surface area contributed by atoms with Gasteiger partial charge in [-0.3, -0.25) is 14.6 Å². The van der Waals surface area contributed by atoms with Crippen molar-refractivity contribution < 1.29 is 14.3 Å². The number of fused-ring (bicyclic) bond motifs is 1. The van der Waals surface area contributed by atoms with Crippen LogP contribution in [0.4, 0.5) is 0 Å². The Balaban J connectivity index is 1.98. The molecule has 0 bridgehead atoms. The number of carbonyl (C=O) groups is 2. The van der Waals surface area contributed by atoms with Crippen LogP contribution in [0.2, 0.25) is 0 Å². The molecule has 0 saturated heterocycles. The van der Waals surface area contributed by atoms with Gasteiger partial charge in [0.1, 0.15) is 0 Å². The lowest BCUT2D eigenvalue weighted by Gasteiger charge is -2.35. The van der Waals surface area contributed by atoms with Gasteiger partial charge in [-0.15, -0.1) is 0 Å². The van der Waals surface area contributed by atoms with E-state index in [9.17, 15) is 9.59 Å². The normalized spacial score (nSPS) is 21.3. The maximum absolute atomic E-state index is 12.6. The molecule has 5 heteroatoms. The monoisotopic (exact) mass is 427 g/mol. The fraction of sp³-hybridized carbons (Fsp3) is 0.611. The van der Waals surface area contributed by atoms with Crippen molar-refractivity contribution in [3.63, 3.8) is 0 Å². The molecule has 1 atom stereocenters. The standard InChI is InChI=1S/C18H22INO3/c1-18(2)6-14-16(15(22)7-18)17(19)12(8-20-14)13(9-23-10-21)11-4-3-5-11/h8,10-11,13H,3-7,9H2,1-2H3. The van der Waals surface area contributed by atoms with E-state index in [-0.39, 0.29) is 17.1 Å². The van der Waals surface area contributed by atoms with Crippen LogP contribution in [0.3, 0.4) is 0 Å². The molecule has 1 unspecified atom stereocenters. The average molecular weight is 427 g/mol. The Morgan fingerprint density at radius 2 is 2.17 bits per heavy atom. The molecular formula is C18H22INO3. The zero-order valence-electron chi connectivity index (χ0n) is 13.6. The number of halogens is 1. The molecular weight excluding hydrogens is 405 g/mol. The van der Waals surface area contributed by atoms with Gasteiger partial charge >= 0.3 is 0 Å². The summed E-state index contributed by atoms with van der Waals surface area (Å²) in [5.74, 6) is 0.874. The molecule has 0 aromatic carbocycles. The molecule has 1 fully saturated rings. The largest absolute Gasteiger partial charge is 0.467 e. The number of hydrogen-bond acceptors (Lipinski definition) is 4. The number of ether oxygens (including phenoxy) is 1. The van der Waals surface area contributed by atoms with E-state index in [1.54, 1.807) is 0 Å². The number of Topliss-reactive ketones (excluding diaryl/α,β-unsaturated/α-hetero) is 1. The van der Waals surface area contributed by atoms with Crippen LogP contribution >= 0.6 is 22.6 Å². The average Bonchev–Trinajstić information content (AvgIpc) is 2.40. The zero-order valence-corrected chi connectivity index (χ0v) is 15.8. The van der Waals surface area contributed by atoms with Crippen LogP contribution in [0.25, 0.3) is 0 Å².